The van der Waals surface area contributed by atoms with Crippen LogP contribution in [0.3, 0.4) is 0 Å². The molecule has 0 saturated carbocycles. The molecule has 0 atom stereocenters. The van der Waals surface area contributed by atoms with E-state index in [1.807, 2.05) is 12.1 Å². The molecule has 2 aromatic rings. The Morgan fingerprint density at radius 3 is 2.63 bits per heavy atom. The van der Waals surface area contributed by atoms with Crippen LogP contribution in [0.2, 0.25) is 0 Å². The smallest absolute Gasteiger partial charge is 0.191 e. The number of rotatable bonds is 8. The van der Waals surface area contributed by atoms with Crippen LogP contribution in [0, 0.1) is 13.8 Å². The van der Waals surface area contributed by atoms with E-state index < -0.39 is 0 Å². The Labute approximate surface area is 180 Å². The molecule has 0 aromatic heterocycles. The van der Waals surface area contributed by atoms with Crippen LogP contribution in [-0.2, 0) is 17.8 Å². The average molecular weight is 411 g/mol. The minimum absolute atomic E-state index is 0.688. The Morgan fingerprint density at radius 2 is 1.87 bits per heavy atom. The maximum absolute atomic E-state index is 5.95. The van der Waals surface area contributed by atoms with E-state index in [1.165, 1.54) is 16.7 Å². The highest BCUT2D eigenvalue weighted by Crippen LogP contribution is 2.14. The van der Waals surface area contributed by atoms with Crippen molar-refractivity contribution in [1.82, 2.24) is 15.5 Å². The third-order valence-corrected chi connectivity index (χ3v) is 5.31. The van der Waals surface area contributed by atoms with Crippen LogP contribution in [0.4, 0.5) is 0 Å². The Morgan fingerprint density at radius 1 is 1.07 bits per heavy atom. The fraction of sp³-hybridized carbons (Fsp3) is 0.458. The number of guanidine groups is 1. The van der Waals surface area contributed by atoms with Crippen LogP contribution in [-0.4, -0.2) is 57.4 Å². The number of benzene rings is 2. The molecule has 0 radical (unpaired) electrons. The lowest BCUT2D eigenvalue weighted by atomic mass is 10.1. The Hall–Kier alpha value is -2.57. The summed E-state index contributed by atoms with van der Waals surface area (Å²) in [4.78, 5) is 6.71. The van der Waals surface area contributed by atoms with Crippen molar-refractivity contribution < 1.29 is 9.47 Å². The molecule has 1 fully saturated rings. The molecule has 1 aliphatic rings. The first-order valence-electron chi connectivity index (χ1n) is 10.7. The van der Waals surface area contributed by atoms with E-state index in [0.717, 1.165) is 56.7 Å². The number of ether oxygens (including phenoxy) is 2. The lowest BCUT2D eigenvalue weighted by Gasteiger charge is -2.26. The standard InChI is InChI=1S/C24H34N4O2/c1-19-7-8-22(20(2)15-19)18-27-24(25-3)26-17-21-5-4-6-23(16-21)30-14-11-28-9-12-29-13-10-28/h4-8,15-16H,9-14,17-18H2,1-3H3,(H2,25,26,27). The van der Waals surface area contributed by atoms with Gasteiger partial charge in [0.1, 0.15) is 12.4 Å². The van der Waals surface area contributed by atoms with Gasteiger partial charge in [0, 0.05) is 39.8 Å². The molecule has 0 unspecified atom stereocenters. The van der Waals surface area contributed by atoms with E-state index >= 15 is 0 Å². The summed E-state index contributed by atoms with van der Waals surface area (Å²) < 4.78 is 11.3. The summed E-state index contributed by atoms with van der Waals surface area (Å²) >= 11 is 0. The van der Waals surface area contributed by atoms with Gasteiger partial charge in [0.2, 0.25) is 0 Å². The van der Waals surface area contributed by atoms with Crippen molar-refractivity contribution in [2.75, 3.05) is 46.5 Å². The van der Waals surface area contributed by atoms with Crippen molar-refractivity contribution in [2.24, 2.45) is 4.99 Å². The van der Waals surface area contributed by atoms with Crippen LogP contribution >= 0.6 is 0 Å². The predicted octanol–water partition coefficient (Wildman–Crippen LogP) is 2.88. The summed E-state index contributed by atoms with van der Waals surface area (Å²) in [6.07, 6.45) is 0. The second-order valence-electron chi connectivity index (χ2n) is 7.66. The van der Waals surface area contributed by atoms with Gasteiger partial charge in [-0.3, -0.25) is 9.89 Å². The molecule has 0 bridgehead atoms. The van der Waals surface area contributed by atoms with E-state index in [-0.39, 0.29) is 0 Å². The number of hydrogen-bond donors (Lipinski definition) is 2. The molecule has 1 aliphatic heterocycles. The largest absolute Gasteiger partial charge is 0.492 e. The van der Waals surface area contributed by atoms with E-state index in [4.69, 9.17) is 9.47 Å². The van der Waals surface area contributed by atoms with E-state index in [1.54, 1.807) is 7.05 Å². The highest BCUT2D eigenvalue weighted by molar-refractivity contribution is 5.79. The summed E-state index contributed by atoms with van der Waals surface area (Å²) in [6.45, 7) is 10.9. The second kappa shape index (κ2) is 11.6. The fourth-order valence-electron chi connectivity index (χ4n) is 3.49. The molecule has 2 aromatic carbocycles. The zero-order valence-corrected chi connectivity index (χ0v) is 18.4. The number of nitrogens with zero attached hydrogens (tertiary/aromatic N) is 2. The normalized spacial score (nSPS) is 15.1. The van der Waals surface area contributed by atoms with E-state index in [2.05, 4.69) is 64.7 Å². The third-order valence-electron chi connectivity index (χ3n) is 5.31. The Bertz CT molecular complexity index is 832. The number of morpholine rings is 1. The van der Waals surface area contributed by atoms with Crippen molar-refractivity contribution in [2.45, 2.75) is 26.9 Å². The number of aliphatic imine (C=N–C) groups is 1. The first-order valence-corrected chi connectivity index (χ1v) is 10.7. The predicted molar refractivity (Wildman–Crippen MR) is 122 cm³/mol. The first kappa shape index (κ1) is 22.1. The van der Waals surface area contributed by atoms with Crippen molar-refractivity contribution in [3.63, 3.8) is 0 Å². The first-order chi connectivity index (χ1) is 14.6. The number of nitrogens with one attached hydrogen (secondary N) is 2. The van der Waals surface area contributed by atoms with Gasteiger partial charge in [-0.1, -0.05) is 35.9 Å². The molecule has 0 aliphatic carbocycles. The monoisotopic (exact) mass is 410 g/mol. The minimum Gasteiger partial charge on any atom is -0.492 e. The lowest BCUT2D eigenvalue weighted by molar-refractivity contribution is 0.0322. The van der Waals surface area contributed by atoms with Crippen LogP contribution in [0.5, 0.6) is 5.75 Å². The molecule has 2 N–H and O–H groups in total. The highest BCUT2D eigenvalue weighted by atomic mass is 16.5. The van der Waals surface area contributed by atoms with E-state index in [9.17, 15) is 0 Å². The summed E-state index contributed by atoms with van der Waals surface area (Å²) in [5, 5.41) is 6.78. The SMILES string of the molecule is CN=C(NCc1cccc(OCCN2CCOCC2)c1)NCc1ccc(C)cc1C. The van der Waals surface area contributed by atoms with Crippen molar-refractivity contribution in [1.29, 1.82) is 0 Å². The molecule has 0 amide bonds. The lowest BCUT2D eigenvalue weighted by Crippen LogP contribution is -2.38. The number of hydrogen-bond acceptors (Lipinski definition) is 4. The second-order valence-corrected chi connectivity index (χ2v) is 7.66. The Balaban J connectivity index is 1.44. The highest BCUT2D eigenvalue weighted by Gasteiger charge is 2.10. The topological polar surface area (TPSA) is 58.1 Å². The van der Waals surface area contributed by atoms with Gasteiger partial charge in [-0.2, -0.15) is 0 Å². The zero-order chi connectivity index (χ0) is 21.2. The molecule has 0 spiro atoms. The van der Waals surface area contributed by atoms with Gasteiger partial charge in [0.25, 0.3) is 0 Å². The van der Waals surface area contributed by atoms with Crippen molar-refractivity contribution >= 4 is 5.96 Å². The molecule has 30 heavy (non-hydrogen) atoms. The zero-order valence-electron chi connectivity index (χ0n) is 18.4. The molecule has 1 heterocycles. The molecule has 162 valence electrons. The summed E-state index contributed by atoms with van der Waals surface area (Å²) in [5.41, 5.74) is 5.01. The van der Waals surface area contributed by atoms with Gasteiger partial charge in [-0.25, -0.2) is 0 Å². The molecule has 1 saturated heterocycles. The van der Waals surface area contributed by atoms with Crippen LogP contribution in [0.25, 0.3) is 0 Å². The van der Waals surface area contributed by atoms with Gasteiger partial charge in [0.05, 0.1) is 13.2 Å². The van der Waals surface area contributed by atoms with Gasteiger partial charge in [-0.15, -0.1) is 0 Å². The maximum atomic E-state index is 5.95. The fourth-order valence-corrected chi connectivity index (χ4v) is 3.49. The molecule has 6 nitrogen and oxygen atoms in total. The quantitative estimate of drug-likeness (QED) is 0.518. The number of aryl methyl sites for hydroxylation is 2. The van der Waals surface area contributed by atoms with Gasteiger partial charge >= 0.3 is 0 Å². The Kier molecular flexibility index (Phi) is 8.53. The molecule has 6 heteroatoms. The average Bonchev–Trinajstić information content (AvgIpc) is 2.76. The summed E-state index contributed by atoms with van der Waals surface area (Å²) in [6, 6.07) is 14.7. The van der Waals surface area contributed by atoms with Crippen molar-refractivity contribution in [3.8, 4) is 5.75 Å². The van der Waals surface area contributed by atoms with Crippen LogP contribution in [0.1, 0.15) is 22.3 Å². The summed E-state index contributed by atoms with van der Waals surface area (Å²) in [7, 11) is 1.79. The molecular weight excluding hydrogens is 376 g/mol. The minimum atomic E-state index is 0.688. The van der Waals surface area contributed by atoms with Gasteiger partial charge < -0.3 is 20.1 Å². The summed E-state index contributed by atoms with van der Waals surface area (Å²) in [5.74, 6) is 1.69. The third kappa shape index (κ3) is 7.04. The maximum Gasteiger partial charge on any atom is 0.191 e. The van der Waals surface area contributed by atoms with Crippen molar-refractivity contribution in [3.05, 3.63) is 64.7 Å². The molecular formula is C24H34N4O2. The molecule has 3 rings (SSSR count). The van der Waals surface area contributed by atoms with Crippen LogP contribution < -0.4 is 15.4 Å². The van der Waals surface area contributed by atoms with E-state index in [0.29, 0.717) is 13.2 Å². The van der Waals surface area contributed by atoms with Gasteiger partial charge in [0.15, 0.2) is 5.96 Å². The van der Waals surface area contributed by atoms with Crippen LogP contribution in [0.15, 0.2) is 47.5 Å². The van der Waals surface area contributed by atoms with Gasteiger partial charge in [-0.05, 0) is 42.7 Å².